The summed E-state index contributed by atoms with van der Waals surface area (Å²) in [6.45, 7) is 12.8. The van der Waals surface area contributed by atoms with Crippen LogP contribution in [0.25, 0.3) is 0 Å². The van der Waals surface area contributed by atoms with Crippen LogP contribution >= 0.6 is 0 Å². The molecule has 31 heavy (non-hydrogen) atoms. The van der Waals surface area contributed by atoms with Gasteiger partial charge in [-0.05, 0) is 35.3 Å². The lowest BCUT2D eigenvalue weighted by Crippen LogP contribution is -2.52. The Morgan fingerprint density at radius 2 is 1.45 bits per heavy atom. The van der Waals surface area contributed by atoms with Gasteiger partial charge in [0.1, 0.15) is 12.2 Å². The highest BCUT2D eigenvalue weighted by Gasteiger charge is 2.43. The predicted molar refractivity (Wildman–Crippen MR) is 127 cm³/mol. The molecule has 1 aliphatic rings. The van der Waals surface area contributed by atoms with Crippen molar-refractivity contribution in [3.63, 3.8) is 0 Å². The summed E-state index contributed by atoms with van der Waals surface area (Å²) < 4.78 is 25.1. The van der Waals surface area contributed by atoms with Crippen molar-refractivity contribution in [3.05, 3.63) is 84.1 Å². The molecule has 3 rings (SSSR count). The van der Waals surface area contributed by atoms with Crippen LogP contribution in [0.15, 0.2) is 73.0 Å². The number of rotatable bonds is 9. The lowest BCUT2D eigenvalue weighted by Gasteiger charge is -2.43. The lowest BCUT2D eigenvalue weighted by molar-refractivity contribution is -0.127. The summed E-state index contributed by atoms with van der Waals surface area (Å²) in [5, 5.41) is 0.114. The van der Waals surface area contributed by atoms with Gasteiger partial charge in [0.25, 0.3) is 0 Å². The van der Waals surface area contributed by atoms with E-state index in [1.165, 1.54) is 0 Å². The maximum Gasteiger partial charge on any atom is 0.193 e. The minimum Gasteiger partial charge on any atom is -0.493 e. The molecule has 1 aliphatic heterocycles. The van der Waals surface area contributed by atoms with Crippen molar-refractivity contribution in [3.8, 4) is 0 Å². The Balaban J connectivity index is 1.70. The summed E-state index contributed by atoms with van der Waals surface area (Å²) in [5.41, 5.74) is 2.27. The van der Waals surface area contributed by atoms with Gasteiger partial charge >= 0.3 is 0 Å². The summed E-state index contributed by atoms with van der Waals surface area (Å²) in [5.74, 6) is 0. The molecule has 2 aromatic rings. The summed E-state index contributed by atoms with van der Waals surface area (Å²) in [4.78, 5) is 0. The Bertz CT molecular complexity index is 814. The second-order valence-corrected chi connectivity index (χ2v) is 14.4. The van der Waals surface area contributed by atoms with Crippen LogP contribution in [0.5, 0.6) is 0 Å². The number of benzene rings is 2. The molecular weight excluding hydrogens is 404 g/mol. The van der Waals surface area contributed by atoms with Gasteiger partial charge in [-0.3, -0.25) is 0 Å². The van der Waals surface area contributed by atoms with E-state index in [0.717, 1.165) is 11.1 Å². The number of ether oxygens (including phenoxy) is 3. The van der Waals surface area contributed by atoms with Gasteiger partial charge < -0.3 is 18.6 Å². The first-order valence-corrected chi connectivity index (χ1v) is 13.9. The first kappa shape index (κ1) is 23.7. The second kappa shape index (κ2) is 10.6. The molecule has 4 nitrogen and oxygen atoms in total. The van der Waals surface area contributed by atoms with Crippen LogP contribution in [0.1, 0.15) is 31.9 Å². The van der Waals surface area contributed by atoms with E-state index < -0.39 is 8.32 Å². The molecule has 0 aromatic heterocycles. The lowest BCUT2D eigenvalue weighted by atomic mass is 10.1. The molecule has 0 saturated heterocycles. The van der Waals surface area contributed by atoms with Crippen LogP contribution in [0.2, 0.25) is 18.1 Å². The summed E-state index contributed by atoms with van der Waals surface area (Å²) in [7, 11) is -1.98. The highest BCUT2D eigenvalue weighted by atomic mass is 28.4. The van der Waals surface area contributed by atoms with Crippen molar-refractivity contribution in [2.75, 3.05) is 6.61 Å². The van der Waals surface area contributed by atoms with Gasteiger partial charge in [-0.25, -0.2) is 0 Å². The molecule has 0 spiro atoms. The average Bonchev–Trinajstić information content (AvgIpc) is 2.74. The Hall–Kier alpha value is -1.92. The zero-order valence-corrected chi connectivity index (χ0v) is 20.4. The van der Waals surface area contributed by atoms with Crippen LogP contribution in [0.3, 0.4) is 0 Å². The van der Waals surface area contributed by atoms with Crippen molar-refractivity contribution in [2.24, 2.45) is 0 Å². The molecule has 0 unspecified atom stereocenters. The van der Waals surface area contributed by atoms with E-state index >= 15 is 0 Å². The minimum absolute atomic E-state index is 0.114. The summed E-state index contributed by atoms with van der Waals surface area (Å²) in [6.07, 6.45) is 3.10. The number of hydrogen-bond acceptors (Lipinski definition) is 4. The van der Waals surface area contributed by atoms with Crippen LogP contribution in [0.4, 0.5) is 0 Å². The quantitative estimate of drug-likeness (QED) is 0.442. The van der Waals surface area contributed by atoms with Crippen LogP contribution < -0.4 is 0 Å². The van der Waals surface area contributed by atoms with Crippen LogP contribution in [-0.4, -0.2) is 33.2 Å². The zero-order chi connectivity index (χ0) is 22.3. The molecule has 0 fully saturated rings. The normalized spacial score (nSPS) is 21.6. The SMILES string of the molecule is CC(C)(C)[Si](C)(C)O[C@@H]1C=CO[C@H](COCc2ccccc2)[C@@H]1OCc1ccccc1. The second-order valence-electron chi connectivity index (χ2n) is 9.61. The van der Waals surface area contributed by atoms with E-state index in [2.05, 4.69) is 58.1 Å². The molecule has 3 atom stereocenters. The van der Waals surface area contributed by atoms with Crippen molar-refractivity contribution in [2.45, 2.75) is 70.4 Å². The third-order valence-corrected chi connectivity index (χ3v) is 10.6. The Morgan fingerprint density at radius 1 is 0.871 bits per heavy atom. The van der Waals surface area contributed by atoms with E-state index in [1.54, 1.807) is 6.26 Å². The molecular formula is C26H36O4Si. The molecule has 5 heteroatoms. The van der Waals surface area contributed by atoms with Gasteiger partial charge in [-0.1, -0.05) is 81.4 Å². The fourth-order valence-corrected chi connectivity index (χ4v) is 4.46. The summed E-state index contributed by atoms with van der Waals surface area (Å²) >= 11 is 0. The standard InChI is InChI=1S/C26H36O4Si/c1-26(2,3)31(4,5)30-23-16-17-28-24(20-27-18-21-12-8-6-9-13-21)25(23)29-19-22-14-10-7-11-15-22/h6-17,23-25H,18-20H2,1-5H3/t23-,24-,25-/m1/s1. The van der Waals surface area contributed by atoms with Crippen molar-refractivity contribution < 1.29 is 18.6 Å². The Morgan fingerprint density at radius 3 is 2.03 bits per heavy atom. The molecule has 1 heterocycles. The summed E-state index contributed by atoms with van der Waals surface area (Å²) in [6, 6.07) is 20.4. The Kier molecular flexibility index (Phi) is 8.11. The first-order valence-electron chi connectivity index (χ1n) is 11.0. The molecule has 0 bridgehead atoms. The molecule has 0 amide bonds. The van der Waals surface area contributed by atoms with Gasteiger partial charge in [0, 0.05) is 0 Å². The topological polar surface area (TPSA) is 36.9 Å². The highest BCUT2D eigenvalue weighted by Crippen LogP contribution is 2.38. The van der Waals surface area contributed by atoms with Crippen LogP contribution in [0, 0.1) is 0 Å². The predicted octanol–water partition coefficient (Wildman–Crippen LogP) is 6.09. The maximum atomic E-state index is 6.73. The van der Waals surface area contributed by atoms with Crippen molar-refractivity contribution in [1.82, 2.24) is 0 Å². The zero-order valence-electron chi connectivity index (χ0n) is 19.4. The van der Waals surface area contributed by atoms with Crippen molar-refractivity contribution >= 4 is 8.32 Å². The monoisotopic (exact) mass is 440 g/mol. The average molecular weight is 441 g/mol. The molecule has 168 valence electrons. The molecule has 0 N–H and O–H groups in total. The maximum absolute atomic E-state index is 6.73. The van der Waals surface area contributed by atoms with Gasteiger partial charge in [0.05, 0.1) is 32.2 Å². The van der Waals surface area contributed by atoms with E-state index in [4.69, 9.17) is 18.6 Å². The molecule has 0 radical (unpaired) electrons. The third-order valence-electron chi connectivity index (χ3n) is 6.13. The van der Waals surface area contributed by atoms with Gasteiger partial charge in [0.2, 0.25) is 0 Å². The third kappa shape index (κ3) is 6.78. The Labute approximate surface area is 188 Å². The molecule has 2 aromatic carbocycles. The smallest absolute Gasteiger partial charge is 0.193 e. The minimum atomic E-state index is -1.98. The van der Waals surface area contributed by atoms with Crippen LogP contribution in [-0.2, 0) is 31.9 Å². The largest absolute Gasteiger partial charge is 0.493 e. The molecule has 0 aliphatic carbocycles. The fraction of sp³-hybridized carbons (Fsp3) is 0.462. The van der Waals surface area contributed by atoms with Gasteiger partial charge in [0.15, 0.2) is 8.32 Å². The van der Waals surface area contributed by atoms with Gasteiger partial charge in [-0.2, -0.15) is 0 Å². The van der Waals surface area contributed by atoms with E-state index in [0.29, 0.717) is 19.8 Å². The number of hydrogen-bond donors (Lipinski definition) is 0. The first-order chi connectivity index (χ1) is 14.8. The molecule has 0 saturated carbocycles. The van der Waals surface area contributed by atoms with E-state index in [1.807, 2.05) is 42.5 Å². The highest BCUT2D eigenvalue weighted by molar-refractivity contribution is 6.74. The van der Waals surface area contributed by atoms with E-state index in [9.17, 15) is 0 Å². The fourth-order valence-electron chi connectivity index (χ4n) is 3.22. The van der Waals surface area contributed by atoms with Gasteiger partial charge in [-0.15, -0.1) is 0 Å². The van der Waals surface area contributed by atoms with Crippen molar-refractivity contribution in [1.29, 1.82) is 0 Å². The van der Waals surface area contributed by atoms with E-state index in [-0.39, 0.29) is 23.4 Å².